The lowest BCUT2D eigenvalue weighted by molar-refractivity contribution is 0.254. The molecule has 0 aliphatic heterocycles. The fourth-order valence-corrected chi connectivity index (χ4v) is 3.03. The van der Waals surface area contributed by atoms with Crippen molar-refractivity contribution in [1.82, 2.24) is 4.57 Å². The van der Waals surface area contributed by atoms with E-state index in [9.17, 15) is 4.79 Å². The summed E-state index contributed by atoms with van der Waals surface area (Å²) in [5, 5.41) is 3.89. The first kappa shape index (κ1) is 16.9. The number of rotatable bonds is 4. The van der Waals surface area contributed by atoms with Crippen LogP contribution in [0.25, 0.3) is 10.9 Å². The Morgan fingerprint density at radius 1 is 0.963 bits per heavy atom. The molecule has 27 heavy (non-hydrogen) atoms. The summed E-state index contributed by atoms with van der Waals surface area (Å²) in [6, 6.07) is 25.3. The van der Waals surface area contributed by atoms with Crippen LogP contribution in [0.4, 0.5) is 10.5 Å². The highest BCUT2D eigenvalue weighted by Gasteiger charge is 2.10. The van der Waals surface area contributed by atoms with E-state index in [1.165, 1.54) is 0 Å². The quantitative estimate of drug-likeness (QED) is 0.516. The smallest absolute Gasteiger partial charge is 0.330 e. The monoisotopic (exact) mass is 356 g/mol. The number of amides is 1. The number of benzene rings is 3. The molecule has 0 saturated carbocycles. The van der Waals surface area contributed by atoms with Gasteiger partial charge in [-0.2, -0.15) is 0 Å². The van der Waals surface area contributed by atoms with Crippen LogP contribution >= 0.6 is 0 Å². The summed E-state index contributed by atoms with van der Waals surface area (Å²) in [6.07, 6.45) is 1.77. The van der Waals surface area contributed by atoms with Gasteiger partial charge in [-0.25, -0.2) is 4.79 Å². The molecule has 4 heteroatoms. The number of carbonyl (C=O) groups is 1. The number of hydrogen-bond acceptors (Lipinski definition) is 2. The lowest BCUT2D eigenvalue weighted by Crippen LogP contribution is -2.18. The van der Waals surface area contributed by atoms with E-state index in [1.807, 2.05) is 85.8 Å². The molecule has 0 fully saturated rings. The molecular weight excluding hydrogens is 336 g/mol. The van der Waals surface area contributed by atoms with Crippen LogP contribution in [-0.2, 0) is 6.61 Å². The van der Waals surface area contributed by atoms with E-state index < -0.39 is 0 Å². The van der Waals surface area contributed by atoms with Crippen molar-refractivity contribution in [2.75, 3.05) is 5.32 Å². The van der Waals surface area contributed by atoms with Crippen molar-refractivity contribution < 1.29 is 9.53 Å². The van der Waals surface area contributed by atoms with Crippen molar-refractivity contribution in [2.45, 2.75) is 13.5 Å². The van der Waals surface area contributed by atoms with Gasteiger partial charge in [0.25, 0.3) is 0 Å². The number of anilines is 1. The lowest BCUT2D eigenvalue weighted by atomic mass is 10.2. The molecule has 0 spiro atoms. The molecule has 1 N–H and O–H groups in total. The molecule has 3 aromatic carbocycles. The van der Waals surface area contributed by atoms with Gasteiger partial charge in [-0.3, -0.25) is 4.57 Å². The zero-order valence-corrected chi connectivity index (χ0v) is 15.1. The second kappa shape index (κ2) is 7.38. The SMILES string of the molecule is Cc1cccc(NC(=O)n2ccc3cc(OCc4ccccc4)ccc32)c1. The zero-order chi connectivity index (χ0) is 18.6. The minimum absolute atomic E-state index is 0.187. The molecule has 0 unspecified atom stereocenters. The first-order valence-electron chi connectivity index (χ1n) is 8.85. The number of nitrogens with one attached hydrogen (secondary N) is 1. The fraction of sp³-hybridized carbons (Fsp3) is 0.0870. The van der Waals surface area contributed by atoms with Gasteiger partial charge >= 0.3 is 6.03 Å². The average Bonchev–Trinajstić information content (AvgIpc) is 3.10. The van der Waals surface area contributed by atoms with E-state index in [2.05, 4.69) is 5.32 Å². The van der Waals surface area contributed by atoms with Crippen LogP contribution in [0.5, 0.6) is 5.75 Å². The molecule has 0 saturated heterocycles. The van der Waals surface area contributed by atoms with E-state index in [-0.39, 0.29) is 6.03 Å². The fourth-order valence-electron chi connectivity index (χ4n) is 3.03. The number of aryl methyl sites for hydroxylation is 1. The molecule has 0 radical (unpaired) electrons. The normalized spacial score (nSPS) is 10.7. The molecule has 4 aromatic rings. The lowest BCUT2D eigenvalue weighted by Gasteiger charge is -2.09. The Labute approximate surface area is 158 Å². The number of carbonyl (C=O) groups excluding carboxylic acids is 1. The highest BCUT2D eigenvalue weighted by Crippen LogP contribution is 2.23. The summed E-state index contributed by atoms with van der Waals surface area (Å²) in [4.78, 5) is 12.6. The van der Waals surface area contributed by atoms with Gasteiger partial charge < -0.3 is 10.1 Å². The molecule has 134 valence electrons. The second-order valence-corrected chi connectivity index (χ2v) is 6.48. The van der Waals surface area contributed by atoms with E-state index in [0.717, 1.165) is 33.5 Å². The van der Waals surface area contributed by atoms with Crippen molar-refractivity contribution in [1.29, 1.82) is 0 Å². The summed E-state index contributed by atoms with van der Waals surface area (Å²) in [5.41, 5.74) is 3.84. The van der Waals surface area contributed by atoms with Gasteiger partial charge in [-0.1, -0.05) is 42.5 Å². The molecule has 4 rings (SSSR count). The van der Waals surface area contributed by atoms with E-state index in [1.54, 1.807) is 10.8 Å². The molecule has 0 aliphatic rings. The van der Waals surface area contributed by atoms with Crippen molar-refractivity contribution in [3.8, 4) is 5.75 Å². The van der Waals surface area contributed by atoms with Crippen molar-refractivity contribution >= 4 is 22.6 Å². The van der Waals surface area contributed by atoms with Gasteiger partial charge in [-0.05, 0) is 54.4 Å². The van der Waals surface area contributed by atoms with Crippen molar-refractivity contribution in [2.24, 2.45) is 0 Å². The van der Waals surface area contributed by atoms with Gasteiger partial charge in [0.1, 0.15) is 12.4 Å². The number of fused-ring (bicyclic) bond motifs is 1. The first-order valence-corrected chi connectivity index (χ1v) is 8.85. The number of hydrogen-bond donors (Lipinski definition) is 1. The van der Waals surface area contributed by atoms with Crippen molar-refractivity contribution in [3.63, 3.8) is 0 Å². The number of aromatic nitrogens is 1. The van der Waals surface area contributed by atoms with Crippen LogP contribution in [0.15, 0.2) is 85.1 Å². The predicted octanol–water partition coefficient (Wildman–Crippen LogP) is 5.61. The molecule has 0 atom stereocenters. The molecule has 1 aromatic heterocycles. The standard InChI is InChI=1S/C23H20N2O2/c1-17-6-5-9-20(14-17)24-23(26)25-13-12-19-15-21(10-11-22(19)25)27-16-18-7-3-2-4-8-18/h2-15H,16H2,1H3,(H,24,26). The third-order valence-electron chi connectivity index (χ3n) is 4.40. The first-order chi connectivity index (χ1) is 13.2. The second-order valence-electron chi connectivity index (χ2n) is 6.48. The molecular formula is C23H20N2O2. The Morgan fingerprint density at radius 2 is 1.81 bits per heavy atom. The maximum absolute atomic E-state index is 12.6. The summed E-state index contributed by atoms with van der Waals surface area (Å²) in [5.74, 6) is 0.781. The highest BCUT2D eigenvalue weighted by molar-refractivity contribution is 5.98. The summed E-state index contributed by atoms with van der Waals surface area (Å²) >= 11 is 0. The summed E-state index contributed by atoms with van der Waals surface area (Å²) < 4.78 is 7.48. The minimum Gasteiger partial charge on any atom is -0.489 e. The van der Waals surface area contributed by atoms with Crippen LogP contribution in [0, 0.1) is 6.92 Å². The molecule has 1 amide bonds. The topological polar surface area (TPSA) is 43.3 Å². The van der Waals surface area contributed by atoms with Crippen LogP contribution < -0.4 is 10.1 Å². The largest absolute Gasteiger partial charge is 0.489 e. The third kappa shape index (κ3) is 3.85. The van der Waals surface area contributed by atoms with Gasteiger partial charge in [0.05, 0.1) is 5.52 Å². The molecule has 0 bridgehead atoms. The molecule has 4 nitrogen and oxygen atoms in total. The van der Waals surface area contributed by atoms with Crippen molar-refractivity contribution in [3.05, 3.63) is 96.2 Å². The Hall–Kier alpha value is -3.53. The van der Waals surface area contributed by atoms with Gasteiger partial charge in [-0.15, -0.1) is 0 Å². The summed E-state index contributed by atoms with van der Waals surface area (Å²) in [7, 11) is 0. The highest BCUT2D eigenvalue weighted by atomic mass is 16.5. The Bertz CT molecular complexity index is 1080. The van der Waals surface area contributed by atoms with E-state index in [0.29, 0.717) is 6.61 Å². The Morgan fingerprint density at radius 3 is 2.63 bits per heavy atom. The maximum atomic E-state index is 12.6. The maximum Gasteiger partial charge on any atom is 0.330 e. The summed E-state index contributed by atoms with van der Waals surface area (Å²) in [6.45, 7) is 2.51. The zero-order valence-electron chi connectivity index (χ0n) is 15.1. The van der Waals surface area contributed by atoms with Gasteiger partial charge in [0, 0.05) is 17.3 Å². The number of nitrogens with zero attached hydrogens (tertiary/aromatic N) is 1. The van der Waals surface area contributed by atoms with E-state index >= 15 is 0 Å². The van der Waals surface area contributed by atoms with Crippen LogP contribution in [0.3, 0.4) is 0 Å². The predicted molar refractivity (Wildman–Crippen MR) is 108 cm³/mol. The number of ether oxygens (including phenoxy) is 1. The Kier molecular flexibility index (Phi) is 4.62. The van der Waals surface area contributed by atoms with Gasteiger partial charge in [0.2, 0.25) is 0 Å². The average molecular weight is 356 g/mol. The molecule has 0 aliphatic carbocycles. The third-order valence-corrected chi connectivity index (χ3v) is 4.40. The Balaban J connectivity index is 1.51. The molecule has 1 heterocycles. The van der Waals surface area contributed by atoms with Crippen LogP contribution in [-0.4, -0.2) is 10.6 Å². The minimum atomic E-state index is -0.187. The van der Waals surface area contributed by atoms with Crippen LogP contribution in [0.1, 0.15) is 11.1 Å². The van der Waals surface area contributed by atoms with E-state index in [4.69, 9.17) is 4.74 Å². The van der Waals surface area contributed by atoms with Crippen LogP contribution in [0.2, 0.25) is 0 Å². The van der Waals surface area contributed by atoms with Gasteiger partial charge in [0.15, 0.2) is 0 Å².